The van der Waals surface area contributed by atoms with Crippen LogP contribution in [0.3, 0.4) is 0 Å². The molecular formula is C23H28F2N4O5S2. The molecule has 1 unspecified atom stereocenters. The molecule has 4 rings (SSSR count). The number of amides is 2. The summed E-state index contributed by atoms with van der Waals surface area (Å²) in [5.41, 5.74) is 0. The molecule has 196 valence electrons. The van der Waals surface area contributed by atoms with Crippen molar-refractivity contribution in [2.75, 3.05) is 25.0 Å². The van der Waals surface area contributed by atoms with Gasteiger partial charge in [0, 0.05) is 24.7 Å². The lowest BCUT2D eigenvalue weighted by Crippen LogP contribution is -2.58. The number of ether oxygens (including phenoxy) is 1. The maximum Gasteiger partial charge on any atom is 0.387 e. The summed E-state index contributed by atoms with van der Waals surface area (Å²) in [7, 11) is -4.04. The summed E-state index contributed by atoms with van der Waals surface area (Å²) >= 11 is 1.28. The first-order valence-corrected chi connectivity index (χ1v) is 14.1. The summed E-state index contributed by atoms with van der Waals surface area (Å²) in [5.74, 6) is -0.636. The van der Waals surface area contributed by atoms with Gasteiger partial charge in [-0.3, -0.25) is 9.59 Å². The zero-order valence-electron chi connectivity index (χ0n) is 19.5. The molecule has 0 spiro atoms. The third kappa shape index (κ3) is 6.37. The smallest absolute Gasteiger partial charge is 0.387 e. The van der Waals surface area contributed by atoms with Crippen LogP contribution in [0.25, 0.3) is 0 Å². The Morgan fingerprint density at radius 3 is 2.50 bits per heavy atom. The maximum atomic E-state index is 13.2. The average Bonchev–Trinajstić information content (AvgIpc) is 3.36. The molecule has 1 aliphatic heterocycles. The van der Waals surface area contributed by atoms with E-state index in [0.29, 0.717) is 17.5 Å². The number of halogens is 2. The number of hydrogen-bond donors (Lipinski definition) is 1. The minimum Gasteiger partial charge on any atom is -0.435 e. The summed E-state index contributed by atoms with van der Waals surface area (Å²) in [6.07, 6.45) is 7.43. The summed E-state index contributed by atoms with van der Waals surface area (Å²) in [6, 6.07) is 3.88. The standard InChI is InChI=1S/C23H28F2N4O5S2/c24-22(25)34-17-6-8-18(9-7-17)36(32,33)28-11-12-29(20(30)15-28)19(14-16-4-2-1-3-5-16)21(31)27-23-26-10-13-35-23/h6-10,13,16,19,22H,1-5,11-12,14-15H2,(H,26,27,31). The van der Waals surface area contributed by atoms with Crippen molar-refractivity contribution in [3.05, 3.63) is 35.8 Å². The normalized spacial score (nSPS) is 18.9. The van der Waals surface area contributed by atoms with Crippen LogP contribution < -0.4 is 10.1 Å². The topological polar surface area (TPSA) is 109 Å². The van der Waals surface area contributed by atoms with Gasteiger partial charge < -0.3 is 15.0 Å². The number of aromatic nitrogens is 1. The van der Waals surface area contributed by atoms with E-state index in [2.05, 4.69) is 15.0 Å². The number of nitrogens with zero attached hydrogens (tertiary/aromatic N) is 3. The highest BCUT2D eigenvalue weighted by Gasteiger charge is 2.39. The number of carbonyl (C=O) groups excluding carboxylic acids is 2. The van der Waals surface area contributed by atoms with E-state index in [1.54, 1.807) is 11.6 Å². The minimum atomic E-state index is -4.04. The highest BCUT2D eigenvalue weighted by atomic mass is 32.2. The third-order valence-corrected chi connectivity index (χ3v) is 9.08. The Bertz CT molecular complexity index is 1140. The second kappa shape index (κ2) is 11.6. The molecule has 1 aliphatic carbocycles. The first-order valence-electron chi connectivity index (χ1n) is 11.8. The van der Waals surface area contributed by atoms with Crippen molar-refractivity contribution in [3.63, 3.8) is 0 Å². The lowest BCUT2D eigenvalue weighted by atomic mass is 9.84. The van der Waals surface area contributed by atoms with Gasteiger partial charge in [0.1, 0.15) is 11.8 Å². The Morgan fingerprint density at radius 1 is 1.17 bits per heavy atom. The Morgan fingerprint density at radius 2 is 1.89 bits per heavy atom. The van der Waals surface area contributed by atoms with Crippen LogP contribution in [-0.2, 0) is 19.6 Å². The van der Waals surface area contributed by atoms with Gasteiger partial charge in [-0.2, -0.15) is 13.1 Å². The van der Waals surface area contributed by atoms with Gasteiger partial charge in [-0.25, -0.2) is 13.4 Å². The number of alkyl halides is 2. The first-order chi connectivity index (χ1) is 17.2. The number of piperazine rings is 1. The van der Waals surface area contributed by atoms with Gasteiger partial charge in [0.25, 0.3) is 0 Å². The van der Waals surface area contributed by atoms with Crippen molar-refractivity contribution < 1.29 is 31.5 Å². The van der Waals surface area contributed by atoms with Crippen LogP contribution >= 0.6 is 11.3 Å². The molecule has 1 atom stereocenters. The van der Waals surface area contributed by atoms with E-state index in [1.807, 2.05) is 0 Å². The Kier molecular flexibility index (Phi) is 8.52. The van der Waals surface area contributed by atoms with Crippen LogP contribution in [0.1, 0.15) is 38.5 Å². The van der Waals surface area contributed by atoms with E-state index < -0.39 is 35.1 Å². The van der Waals surface area contributed by atoms with E-state index in [4.69, 9.17) is 0 Å². The summed E-state index contributed by atoms with van der Waals surface area (Å²) in [6.45, 7) is -3.36. The van der Waals surface area contributed by atoms with Crippen molar-refractivity contribution in [1.82, 2.24) is 14.2 Å². The summed E-state index contributed by atoms with van der Waals surface area (Å²) in [4.78, 5) is 31.8. The van der Waals surface area contributed by atoms with Gasteiger partial charge in [-0.05, 0) is 36.6 Å². The first kappa shape index (κ1) is 26.4. The predicted octanol–water partition coefficient (Wildman–Crippen LogP) is 3.56. The number of rotatable bonds is 9. The average molecular weight is 543 g/mol. The molecule has 2 aliphatic rings. The second-order valence-corrected chi connectivity index (χ2v) is 11.7. The number of thiazole rings is 1. The molecular weight excluding hydrogens is 514 g/mol. The molecule has 1 saturated heterocycles. The van der Waals surface area contributed by atoms with Gasteiger partial charge in [0.2, 0.25) is 21.8 Å². The van der Waals surface area contributed by atoms with Gasteiger partial charge in [0.05, 0.1) is 11.4 Å². The minimum absolute atomic E-state index is 0.00899. The monoisotopic (exact) mass is 542 g/mol. The molecule has 2 aromatic rings. The Hall–Kier alpha value is -2.64. The largest absolute Gasteiger partial charge is 0.435 e. The number of nitrogens with one attached hydrogen (secondary N) is 1. The number of anilines is 1. The zero-order chi connectivity index (χ0) is 25.7. The fourth-order valence-electron chi connectivity index (χ4n) is 4.73. The van der Waals surface area contributed by atoms with Crippen molar-refractivity contribution in [2.45, 2.75) is 56.1 Å². The lowest BCUT2D eigenvalue weighted by Gasteiger charge is -2.39. The van der Waals surface area contributed by atoms with Crippen LogP contribution in [-0.4, -0.2) is 66.7 Å². The highest BCUT2D eigenvalue weighted by Crippen LogP contribution is 2.30. The molecule has 0 radical (unpaired) electrons. The fourth-order valence-corrected chi connectivity index (χ4v) is 6.64. The molecule has 2 fully saturated rings. The molecule has 13 heteroatoms. The number of carbonyl (C=O) groups is 2. The zero-order valence-corrected chi connectivity index (χ0v) is 21.1. The van der Waals surface area contributed by atoms with Crippen LogP contribution in [0.5, 0.6) is 5.75 Å². The second-order valence-electron chi connectivity index (χ2n) is 8.86. The fraction of sp³-hybridized carbons (Fsp3) is 0.522. The highest BCUT2D eigenvalue weighted by molar-refractivity contribution is 7.89. The van der Waals surface area contributed by atoms with E-state index >= 15 is 0 Å². The predicted molar refractivity (Wildman–Crippen MR) is 129 cm³/mol. The quantitative estimate of drug-likeness (QED) is 0.519. The molecule has 9 nitrogen and oxygen atoms in total. The molecule has 1 aromatic carbocycles. The van der Waals surface area contributed by atoms with E-state index in [0.717, 1.165) is 60.7 Å². The van der Waals surface area contributed by atoms with Gasteiger partial charge >= 0.3 is 6.61 Å². The Balaban J connectivity index is 1.47. The van der Waals surface area contributed by atoms with Crippen LogP contribution in [0.2, 0.25) is 0 Å². The van der Waals surface area contributed by atoms with E-state index in [9.17, 15) is 26.8 Å². The molecule has 1 aromatic heterocycles. The third-order valence-electron chi connectivity index (χ3n) is 6.53. The SMILES string of the molecule is O=C(Nc1nccs1)C(CC1CCCCC1)N1CCN(S(=O)(=O)c2ccc(OC(F)F)cc2)CC1=O. The Labute approximate surface area is 212 Å². The van der Waals surface area contributed by atoms with Crippen molar-refractivity contribution in [2.24, 2.45) is 5.92 Å². The summed E-state index contributed by atoms with van der Waals surface area (Å²) in [5, 5.41) is 4.98. The number of benzene rings is 1. The summed E-state index contributed by atoms with van der Waals surface area (Å²) < 4.78 is 56.2. The molecule has 2 amide bonds. The molecule has 2 heterocycles. The van der Waals surface area contributed by atoms with Gasteiger partial charge in [-0.15, -0.1) is 11.3 Å². The molecule has 0 bridgehead atoms. The van der Waals surface area contributed by atoms with Gasteiger partial charge in [-0.1, -0.05) is 32.1 Å². The van der Waals surface area contributed by atoms with Crippen molar-refractivity contribution >= 4 is 38.3 Å². The molecule has 1 N–H and O–H groups in total. The number of hydrogen-bond acceptors (Lipinski definition) is 7. The van der Waals surface area contributed by atoms with Crippen LogP contribution in [0.4, 0.5) is 13.9 Å². The maximum absolute atomic E-state index is 13.2. The van der Waals surface area contributed by atoms with E-state index in [-0.39, 0.29) is 29.6 Å². The number of sulfonamides is 1. The molecule has 1 saturated carbocycles. The van der Waals surface area contributed by atoms with Gasteiger partial charge in [0.15, 0.2) is 5.13 Å². The van der Waals surface area contributed by atoms with Crippen molar-refractivity contribution in [1.29, 1.82) is 0 Å². The van der Waals surface area contributed by atoms with Crippen LogP contribution in [0.15, 0.2) is 40.7 Å². The van der Waals surface area contributed by atoms with Crippen molar-refractivity contribution in [3.8, 4) is 5.75 Å². The lowest BCUT2D eigenvalue weighted by molar-refractivity contribution is -0.142. The van der Waals surface area contributed by atoms with E-state index in [1.165, 1.54) is 16.2 Å². The van der Waals surface area contributed by atoms with Crippen LogP contribution in [0, 0.1) is 5.92 Å². The molecule has 36 heavy (non-hydrogen) atoms.